The molecule has 0 aliphatic carbocycles. The number of nitrogen functional groups attached to an aromatic ring is 1. The smallest absolute Gasteiger partial charge is 0.150 e. The third-order valence-corrected chi connectivity index (χ3v) is 5.35. The second kappa shape index (κ2) is 9.73. The van der Waals surface area contributed by atoms with Crippen LogP contribution < -0.4 is 10.5 Å². The molecule has 0 amide bonds. The van der Waals surface area contributed by atoms with Crippen molar-refractivity contribution < 1.29 is 14.6 Å². The lowest BCUT2D eigenvalue weighted by Crippen LogP contribution is -2.09. The zero-order valence-corrected chi connectivity index (χ0v) is 17.7. The van der Waals surface area contributed by atoms with E-state index in [9.17, 15) is 0 Å². The highest BCUT2D eigenvalue weighted by Gasteiger charge is 2.09. The van der Waals surface area contributed by atoms with E-state index in [1.54, 1.807) is 0 Å². The summed E-state index contributed by atoms with van der Waals surface area (Å²) in [5, 5.41) is 10.8. The lowest BCUT2D eigenvalue weighted by molar-refractivity contribution is 0.0705. The number of anilines is 1. The van der Waals surface area contributed by atoms with Crippen LogP contribution in [0.4, 0.5) is 5.82 Å². The average Bonchev–Trinajstić information content (AvgIpc) is 2.78. The van der Waals surface area contributed by atoms with E-state index >= 15 is 0 Å². The number of para-hydroxylation sites is 1. The predicted molar refractivity (Wildman–Crippen MR) is 123 cm³/mol. The van der Waals surface area contributed by atoms with Crippen molar-refractivity contribution in [2.45, 2.75) is 19.8 Å². The summed E-state index contributed by atoms with van der Waals surface area (Å²) >= 11 is 0. The Balaban J connectivity index is 1.46. The highest BCUT2D eigenvalue weighted by atomic mass is 16.5. The topological polar surface area (TPSA) is 90.5 Å². The molecule has 0 radical (unpaired) electrons. The number of fused-ring (bicyclic) bond motifs is 3. The number of ether oxygens (including phenoxy) is 2. The van der Waals surface area contributed by atoms with Gasteiger partial charge in [-0.15, -0.1) is 0 Å². The summed E-state index contributed by atoms with van der Waals surface area (Å²) in [5.74, 6) is 1.30. The van der Waals surface area contributed by atoms with Crippen LogP contribution in [0.1, 0.15) is 16.7 Å². The molecule has 0 saturated heterocycles. The quantitative estimate of drug-likeness (QED) is 0.318. The van der Waals surface area contributed by atoms with Gasteiger partial charge in [-0.3, -0.25) is 4.98 Å². The van der Waals surface area contributed by atoms with Gasteiger partial charge in [0, 0.05) is 17.0 Å². The molecule has 160 valence electrons. The first-order valence-corrected chi connectivity index (χ1v) is 10.5. The molecule has 6 heteroatoms. The minimum Gasteiger partial charge on any atom is -0.491 e. The minimum atomic E-state index is 0.0288. The molecule has 2 aromatic carbocycles. The Morgan fingerprint density at radius 3 is 2.68 bits per heavy atom. The summed E-state index contributed by atoms with van der Waals surface area (Å²) in [7, 11) is 0. The molecule has 6 nitrogen and oxygen atoms in total. The number of aryl methyl sites for hydroxylation is 3. The van der Waals surface area contributed by atoms with Gasteiger partial charge >= 0.3 is 0 Å². The lowest BCUT2D eigenvalue weighted by atomic mass is 10.00. The van der Waals surface area contributed by atoms with Gasteiger partial charge in [0.25, 0.3) is 0 Å². The summed E-state index contributed by atoms with van der Waals surface area (Å²) in [6.07, 6.45) is 3.70. The summed E-state index contributed by atoms with van der Waals surface area (Å²) in [6, 6.07) is 16.4. The molecule has 4 rings (SSSR count). The van der Waals surface area contributed by atoms with Crippen molar-refractivity contribution in [3.63, 3.8) is 0 Å². The van der Waals surface area contributed by atoms with Gasteiger partial charge in [0.2, 0.25) is 0 Å². The molecule has 31 heavy (non-hydrogen) atoms. The number of aliphatic hydroxyl groups is 1. The Labute approximate surface area is 181 Å². The number of aromatic nitrogens is 2. The summed E-state index contributed by atoms with van der Waals surface area (Å²) in [4.78, 5) is 9.07. The number of aliphatic hydroxyl groups excluding tert-OH is 1. The first-order valence-electron chi connectivity index (χ1n) is 10.5. The van der Waals surface area contributed by atoms with E-state index in [2.05, 4.69) is 41.2 Å². The molecule has 0 fully saturated rings. The number of nitrogens with two attached hydrogens (primary N) is 1. The van der Waals surface area contributed by atoms with Gasteiger partial charge in [-0.1, -0.05) is 24.3 Å². The zero-order chi connectivity index (χ0) is 21.6. The molecule has 0 saturated carbocycles. The first kappa shape index (κ1) is 21.0. The third-order valence-electron chi connectivity index (χ3n) is 5.35. The van der Waals surface area contributed by atoms with Gasteiger partial charge in [-0.25, -0.2) is 4.98 Å². The van der Waals surface area contributed by atoms with Crippen molar-refractivity contribution in [3.05, 3.63) is 71.4 Å². The highest BCUT2D eigenvalue weighted by molar-refractivity contribution is 6.08. The zero-order valence-electron chi connectivity index (χ0n) is 17.7. The van der Waals surface area contributed by atoms with Gasteiger partial charge in [-0.2, -0.15) is 0 Å². The fraction of sp³-hybridized carbons (Fsp3) is 0.280. The number of hydrogen-bond donors (Lipinski definition) is 2. The monoisotopic (exact) mass is 417 g/mol. The maximum atomic E-state index is 8.72. The Morgan fingerprint density at radius 1 is 0.968 bits per heavy atom. The van der Waals surface area contributed by atoms with Gasteiger partial charge in [0.1, 0.15) is 17.9 Å². The Kier molecular flexibility index (Phi) is 6.60. The fourth-order valence-corrected chi connectivity index (χ4v) is 3.74. The van der Waals surface area contributed by atoms with Crippen LogP contribution in [0.3, 0.4) is 0 Å². The number of rotatable bonds is 9. The Hall–Kier alpha value is -3.22. The lowest BCUT2D eigenvalue weighted by Gasteiger charge is -2.11. The van der Waals surface area contributed by atoms with Crippen molar-refractivity contribution in [3.8, 4) is 5.75 Å². The van der Waals surface area contributed by atoms with Gasteiger partial charge in [0.05, 0.1) is 25.3 Å². The van der Waals surface area contributed by atoms with Crippen LogP contribution in [0.25, 0.3) is 21.8 Å². The van der Waals surface area contributed by atoms with Crippen LogP contribution in [0.15, 0.2) is 54.7 Å². The van der Waals surface area contributed by atoms with E-state index in [0.717, 1.165) is 40.4 Å². The van der Waals surface area contributed by atoms with Crippen molar-refractivity contribution in [2.24, 2.45) is 0 Å². The van der Waals surface area contributed by atoms with E-state index < -0.39 is 0 Å². The summed E-state index contributed by atoms with van der Waals surface area (Å²) < 4.78 is 10.9. The third kappa shape index (κ3) is 4.93. The molecule has 2 heterocycles. The SMILES string of the molecule is Cc1cc(OCCOCCO)ccc1CCc1cnc2c(N)nc3ccccc3c2c1. The number of benzene rings is 2. The second-order valence-corrected chi connectivity index (χ2v) is 7.53. The van der Waals surface area contributed by atoms with E-state index in [4.69, 9.17) is 20.3 Å². The van der Waals surface area contributed by atoms with Crippen LogP contribution in [0.2, 0.25) is 0 Å². The van der Waals surface area contributed by atoms with Gasteiger partial charge in [-0.05, 0) is 60.7 Å². The van der Waals surface area contributed by atoms with Crippen LogP contribution in [0, 0.1) is 6.92 Å². The van der Waals surface area contributed by atoms with E-state index in [0.29, 0.717) is 25.6 Å². The standard InChI is InChI=1S/C25H27N3O3/c1-17-14-20(31-13-12-30-11-10-29)9-8-19(17)7-6-18-15-22-21-4-2-3-5-23(21)28-25(26)24(22)27-16-18/h2-5,8-9,14-16,29H,6-7,10-13H2,1H3,(H2,26,28). The van der Waals surface area contributed by atoms with Crippen molar-refractivity contribution in [2.75, 3.05) is 32.2 Å². The molecular formula is C25H27N3O3. The maximum absolute atomic E-state index is 8.72. The Bertz CT molecular complexity index is 1190. The summed E-state index contributed by atoms with van der Waals surface area (Å²) in [6.45, 7) is 3.40. The molecule has 0 aliphatic rings. The second-order valence-electron chi connectivity index (χ2n) is 7.53. The predicted octanol–water partition coefficient (Wildman–Crippen LogP) is 3.85. The van der Waals surface area contributed by atoms with Crippen molar-refractivity contribution >= 4 is 27.6 Å². The van der Waals surface area contributed by atoms with Gasteiger partial charge < -0.3 is 20.3 Å². The van der Waals surface area contributed by atoms with Crippen molar-refractivity contribution in [1.29, 1.82) is 0 Å². The molecule has 0 spiro atoms. The molecule has 0 bridgehead atoms. The number of hydrogen-bond acceptors (Lipinski definition) is 6. The van der Waals surface area contributed by atoms with Crippen LogP contribution >= 0.6 is 0 Å². The normalized spacial score (nSPS) is 11.3. The molecule has 4 aromatic rings. The summed E-state index contributed by atoms with van der Waals surface area (Å²) in [5.41, 5.74) is 11.4. The molecule has 3 N–H and O–H groups in total. The van der Waals surface area contributed by atoms with Crippen LogP contribution in [-0.4, -0.2) is 41.5 Å². The van der Waals surface area contributed by atoms with E-state index in [-0.39, 0.29) is 6.61 Å². The van der Waals surface area contributed by atoms with E-state index in [1.165, 1.54) is 16.7 Å². The fourth-order valence-electron chi connectivity index (χ4n) is 3.74. The molecule has 0 aliphatic heterocycles. The van der Waals surface area contributed by atoms with Crippen LogP contribution in [-0.2, 0) is 17.6 Å². The highest BCUT2D eigenvalue weighted by Crippen LogP contribution is 2.27. The van der Waals surface area contributed by atoms with Crippen LogP contribution in [0.5, 0.6) is 5.75 Å². The number of nitrogens with zero attached hydrogens (tertiary/aromatic N) is 2. The molecule has 2 aromatic heterocycles. The minimum absolute atomic E-state index is 0.0288. The van der Waals surface area contributed by atoms with Crippen molar-refractivity contribution in [1.82, 2.24) is 9.97 Å². The number of pyridine rings is 2. The maximum Gasteiger partial charge on any atom is 0.150 e. The van der Waals surface area contributed by atoms with Gasteiger partial charge in [0.15, 0.2) is 5.82 Å². The largest absolute Gasteiger partial charge is 0.491 e. The molecule has 0 unspecified atom stereocenters. The Morgan fingerprint density at radius 2 is 1.84 bits per heavy atom. The van der Waals surface area contributed by atoms with E-state index in [1.807, 2.05) is 30.5 Å². The molecule has 0 atom stereocenters. The first-order chi connectivity index (χ1) is 15.2. The molecular weight excluding hydrogens is 390 g/mol. The average molecular weight is 418 g/mol.